The van der Waals surface area contributed by atoms with Crippen molar-refractivity contribution < 1.29 is 0 Å². The summed E-state index contributed by atoms with van der Waals surface area (Å²) in [4.78, 5) is 11.6. The van der Waals surface area contributed by atoms with E-state index in [1.165, 1.54) is 47.8 Å². The van der Waals surface area contributed by atoms with Crippen molar-refractivity contribution in [2.75, 3.05) is 0 Å². The van der Waals surface area contributed by atoms with E-state index in [0.717, 1.165) is 5.69 Å². The molecular weight excluding hydrogens is 362 g/mol. The number of aromatic nitrogens is 3. The Morgan fingerprint density at radius 2 is 1.71 bits per heavy atom. The third-order valence-corrected chi connectivity index (χ3v) is 6.80. The number of hydrogen-bond donors (Lipinski definition) is 0. The molecule has 0 aliphatic carbocycles. The summed E-state index contributed by atoms with van der Waals surface area (Å²) in [6, 6.07) is 15.2. The van der Waals surface area contributed by atoms with E-state index < -0.39 is 0 Å². The molecule has 136 valence electrons. The summed E-state index contributed by atoms with van der Waals surface area (Å²) < 4.78 is 2.42. The zero-order chi connectivity index (χ0) is 19.0. The molecule has 0 aliphatic rings. The standard InChI is InChI=1S/C24H19N3S/c1-24(2,3)14-7-8-20-15(10-14)17-12-25-13-18-16-11-21(19-6-4-5-9-26-19)28-23(16)27(20)22(17)18/h4-13H,1-3H3. The van der Waals surface area contributed by atoms with Crippen LogP contribution in [0.15, 0.2) is 61.1 Å². The van der Waals surface area contributed by atoms with Crippen LogP contribution in [0.5, 0.6) is 0 Å². The second-order valence-corrected chi connectivity index (χ2v) is 9.48. The average Bonchev–Trinajstić information content (AvgIpc) is 3.34. The minimum absolute atomic E-state index is 0.123. The van der Waals surface area contributed by atoms with Crippen molar-refractivity contribution in [1.82, 2.24) is 14.4 Å². The van der Waals surface area contributed by atoms with Crippen LogP contribution in [-0.4, -0.2) is 14.4 Å². The summed E-state index contributed by atoms with van der Waals surface area (Å²) in [6.45, 7) is 6.79. The van der Waals surface area contributed by atoms with Gasteiger partial charge in [-0.1, -0.05) is 32.9 Å². The van der Waals surface area contributed by atoms with Crippen LogP contribution in [0.3, 0.4) is 0 Å². The van der Waals surface area contributed by atoms with Crippen molar-refractivity contribution in [3.63, 3.8) is 0 Å². The first-order valence-electron chi connectivity index (χ1n) is 9.51. The highest BCUT2D eigenvalue weighted by Crippen LogP contribution is 2.44. The number of thiophene rings is 1. The molecule has 6 aromatic rings. The van der Waals surface area contributed by atoms with Crippen LogP contribution in [-0.2, 0) is 5.41 Å². The number of pyridine rings is 2. The molecule has 28 heavy (non-hydrogen) atoms. The molecule has 0 unspecified atom stereocenters. The van der Waals surface area contributed by atoms with E-state index in [-0.39, 0.29) is 5.41 Å². The largest absolute Gasteiger partial charge is 0.299 e. The number of nitrogens with zero attached hydrogens (tertiary/aromatic N) is 3. The first kappa shape index (κ1) is 16.0. The molecule has 4 heteroatoms. The van der Waals surface area contributed by atoms with Gasteiger partial charge < -0.3 is 0 Å². The lowest BCUT2D eigenvalue weighted by molar-refractivity contribution is 0.591. The Balaban J connectivity index is 1.75. The van der Waals surface area contributed by atoms with E-state index in [0.29, 0.717) is 0 Å². The molecule has 0 N–H and O–H groups in total. The lowest BCUT2D eigenvalue weighted by atomic mass is 9.86. The highest BCUT2D eigenvalue weighted by atomic mass is 32.1. The smallest absolute Gasteiger partial charge is 0.109 e. The average molecular weight is 382 g/mol. The molecule has 0 atom stereocenters. The Hall–Kier alpha value is -2.98. The Kier molecular flexibility index (Phi) is 3.03. The topological polar surface area (TPSA) is 30.2 Å². The lowest BCUT2D eigenvalue weighted by Gasteiger charge is -2.19. The van der Waals surface area contributed by atoms with Crippen LogP contribution in [0.4, 0.5) is 0 Å². The molecule has 6 rings (SSSR count). The van der Waals surface area contributed by atoms with Crippen molar-refractivity contribution >= 4 is 48.7 Å². The molecule has 0 amide bonds. The summed E-state index contributed by atoms with van der Waals surface area (Å²) >= 11 is 1.81. The molecule has 0 saturated heterocycles. The fourth-order valence-corrected chi connectivity index (χ4v) is 5.38. The molecule has 5 aromatic heterocycles. The number of benzene rings is 1. The Morgan fingerprint density at radius 1 is 0.893 bits per heavy atom. The molecule has 5 heterocycles. The van der Waals surface area contributed by atoms with E-state index in [9.17, 15) is 0 Å². The van der Waals surface area contributed by atoms with Crippen molar-refractivity contribution in [1.29, 1.82) is 0 Å². The first-order valence-corrected chi connectivity index (χ1v) is 10.3. The van der Waals surface area contributed by atoms with Crippen molar-refractivity contribution in [3.05, 3.63) is 66.6 Å². The van der Waals surface area contributed by atoms with Crippen LogP contribution in [0.25, 0.3) is 48.0 Å². The Morgan fingerprint density at radius 3 is 2.46 bits per heavy atom. The second kappa shape index (κ2) is 5.30. The van der Waals surface area contributed by atoms with Gasteiger partial charge in [0.1, 0.15) is 4.83 Å². The maximum Gasteiger partial charge on any atom is 0.109 e. The van der Waals surface area contributed by atoms with Gasteiger partial charge in [0, 0.05) is 40.1 Å². The van der Waals surface area contributed by atoms with Crippen molar-refractivity contribution in [2.45, 2.75) is 26.2 Å². The third-order valence-electron chi connectivity index (χ3n) is 5.66. The minimum Gasteiger partial charge on any atom is -0.299 e. The zero-order valence-electron chi connectivity index (χ0n) is 16.0. The van der Waals surface area contributed by atoms with Gasteiger partial charge in [0.2, 0.25) is 0 Å². The molecule has 0 fully saturated rings. The lowest BCUT2D eigenvalue weighted by Crippen LogP contribution is -2.10. The molecule has 0 spiro atoms. The summed E-state index contributed by atoms with van der Waals surface area (Å²) in [5.74, 6) is 0. The Labute approximate surface area is 166 Å². The monoisotopic (exact) mass is 381 g/mol. The van der Waals surface area contributed by atoms with Crippen LogP contribution >= 0.6 is 11.3 Å². The molecule has 1 aromatic carbocycles. The molecule has 3 nitrogen and oxygen atoms in total. The first-order chi connectivity index (χ1) is 13.5. The van der Waals surface area contributed by atoms with Gasteiger partial charge in [0.15, 0.2) is 0 Å². The van der Waals surface area contributed by atoms with E-state index in [2.05, 4.69) is 65.5 Å². The summed E-state index contributed by atoms with van der Waals surface area (Å²) in [5.41, 5.74) is 5.04. The van der Waals surface area contributed by atoms with Gasteiger partial charge >= 0.3 is 0 Å². The zero-order valence-corrected chi connectivity index (χ0v) is 16.8. The summed E-state index contributed by atoms with van der Waals surface area (Å²) in [6.07, 6.45) is 5.87. The highest BCUT2D eigenvalue weighted by molar-refractivity contribution is 7.22. The maximum atomic E-state index is 4.59. The normalized spacial score (nSPS) is 12.8. The summed E-state index contributed by atoms with van der Waals surface area (Å²) in [5, 5.41) is 5.01. The van der Waals surface area contributed by atoms with Crippen LogP contribution in [0.1, 0.15) is 26.3 Å². The number of fused-ring (bicyclic) bond motifs is 6. The molecular formula is C24H19N3S. The van der Waals surface area contributed by atoms with Crippen LogP contribution in [0.2, 0.25) is 0 Å². The predicted octanol–water partition coefficient (Wildman–Crippen LogP) is 6.65. The third kappa shape index (κ3) is 2.04. The Bertz CT molecular complexity index is 1480. The van der Waals surface area contributed by atoms with Crippen molar-refractivity contribution in [3.8, 4) is 10.6 Å². The predicted molar refractivity (Wildman–Crippen MR) is 119 cm³/mol. The fourth-order valence-electron chi connectivity index (χ4n) is 4.21. The SMILES string of the molecule is CC(C)(C)c1ccc2c(c1)c1cncc3c4cc(-c5ccccn5)sc4n2c13. The molecule has 0 bridgehead atoms. The van der Waals surface area contributed by atoms with Gasteiger partial charge in [0.25, 0.3) is 0 Å². The van der Waals surface area contributed by atoms with E-state index in [1.54, 1.807) is 11.3 Å². The quantitative estimate of drug-likeness (QED) is 0.319. The van der Waals surface area contributed by atoms with Gasteiger partial charge in [-0.2, -0.15) is 0 Å². The summed E-state index contributed by atoms with van der Waals surface area (Å²) in [7, 11) is 0. The molecule has 0 aliphatic heterocycles. The van der Waals surface area contributed by atoms with E-state index in [4.69, 9.17) is 0 Å². The van der Waals surface area contributed by atoms with E-state index >= 15 is 0 Å². The van der Waals surface area contributed by atoms with Gasteiger partial charge in [-0.3, -0.25) is 14.4 Å². The maximum absolute atomic E-state index is 4.59. The van der Waals surface area contributed by atoms with Crippen LogP contribution < -0.4 is 0 Å². The van der Waals surface area contributed by atoms with Crippen molar-refractivity contribution in [2.24, 2.45) is 0 Å². The molecule has 0 saturated carbocycles. The van der Waals surface area contributed by atoms with Crippen LogP contribution in [0, 0.1) is 0 Å². The van der Waals surface area contributed by atoms with Gasteiger partial charge in [-0.15, -0.1) is 11.3 Å². The van der Waals surface area contributed by atoms with Gasteiger partial charge in [-0.05, 0) is 41.3 Å². The molecule has 0 radical (unpaired) electrons. The minimum atomic E-state index is 0.123. The van der Waals surface area contributed by atoms with Gasteiger partial charge in [0.05, 0.1) is 21.6 Å². The number of hydrogen-bond acceptors (Lipinski definition) is 3. The second-order valence-electron chi connectivity index (χ2n) is 8.45. The van der Waals surface area contributed by atoms with E-state index in [1.807, 2.05) is 30.7 Å². The highest BCUT2D eigenvalue weighted by Gasteiger charge is 2.22. The fraction of sp³-hybridized carbons (Fsp3) is 0.167. The van der Waals surface area contributed by atoms with Gasteiger partial charge in [-0.25, -0.2) is 0 Å². The number of rotatable bonds is 1.